The smallest absolute Gasteiger partial charge is 0.339 e. The molecule has 0 aromatic heterocycles. The summed E-state index contributed by atoms with van der Waals surface area (Å²) < 4.78 is 4.92. The number of carbonyl (C=O) groups excluding carboxylic acids is 3. The number of fused-ring (bicyclic) bond motifs is 1. The largest absolute Gasteiger partial charge is 0.462 e. The predicted molar refractivity (Wildman–Crippen MR) is 107 cm³/mol. The molecule has 0 radical (unpaired) electrons. The molecular weight excluding hydrogens is 384 g/mol. The lowest BCUT2D eigenvalue weighted by atomic mass is 10.1. The molecule has 0 saturated carbocycles. The van der Waals surface area contributed by atoms with Gasteiger partial charge in [0.05, 0.1) is 28.6 Å². The minimum Gasteiger partial charge on any atom is -0.462 e. The number of rotatable bonds is 4. The number of hydrogen-bond acceptors (Lipinski definition) is 6. The Morgan fingerprint density at radius 2 is 1.82 bits per heavy atom. The molecule has 28 heavy (non-hydrogen) atoms. The standard InChI is InChI=1S/C19H19ClN4O4/c1-2-28-18(26)13-10-12(4-5-14(13)20)23-19(27)24-17(25)11-3-6-15-16(9-11)22-8-7-21-15/h3-6,9-10,21-22H,2,7-8H2,1H3,(H2,23,24,25,27). The van der Waals surface area contributed by atoms with Gasteiger partial charge in [0.1, 0.15) is 0 Å². The molecule has 8 nitrogen and oxygen atoms in total. The van der Waals surface area contributed by atoms with Gasteiger partial charge >= 0.3 is 12.0 Å². The Hall–Kier alpha value is -3.26. The second kappa shape index (κ2) is 8.62. The zero-order valence-electron chi connectivity index (χ0n) is 15.1. The minimum absolute atomic E-state index is 0.126. The summed E-state index contributed by atoms with van der Waals surface area (Å²) in [6, 6.07) is 8.72. The number of halogens is 1. The van der Waals surface area contributed by atoms with Crippen molar-refractivity contribution in [1.82, 2.24) is 5.32 Å². The van der Waals surface area contributed by atoms with Crippen molar-refractivity contribution in [1.29, 1.82) is 0 Å². The maximum Gasteiger partial charge on any atom is 0.339 e. The van der Waals surface area contributed by atoms with E-state index in [-0.39, 0.29) is 17.2 Å². The van der Waals surface area contributed by atoms with Crippen LogP contribution >= 0.6 is 11.6 Å². The lowest BCUT2D eigenvalue weighted by Gasteiger charge is -2.20. The monoisotopic (exact) mass is 402 g/mol. The highest BCUT2D eigenvalue weighted by Gasteiger charge is 2.16. The van der Waals surface area contributed by atoms with Gasteiger partial charge in [-0.3, -0.25) is 10.1 Å². The van der Waals surface area contributed by atoms with E-state index in [1.807, 2.05) is 0 Å². The Morgan fingerprint density at radius 1 is 1.07 bits per heavy atom. The number of hydrogen-bond donors (Lipinski definition) is 4. The van der Waals surface area contributed by atoms with E-state index in [2.05, 4.69) is 21.3 Å². The highest BCUT2D eigenvalue weighted by Crippen LogP contribution is 2.25. The first-order valence-electron chi connectivity index (χ1n) is 8.68. The van der Waals surface area contributed by atoms with E-state index >= 15 is 0 Å². The summed E-state index contributed by atoms with van der Waals surface area (Å²) in [6.45, 7) is 3.43. The molecule has 0 unspecified atom stereocenters. The number of ether oxygens (including phenoxy) is 1. The summed E-state index contributed by atoms with van der Waals surface area (Å²) in [7, 11) is 0. The lowest BCUT2D eigenvalue weighted by Crippen LogP contribution is -2.34. The zero-order valence-corrected chi connectivity index (χ0v) is 15.9. The molecular formula is C19H19ClN4O4. The fourth-order valence-electron chi connectivity index (χ4n) is 2.69. The van der Waals surface area contributed by atoms with Crippen LogP contribution in [0.5, 0.6) is 0 Å². The first kappa shape index (κ1) is 19.5. The quantitative estimate of drug-likeness (QED) is 0.584. The molecule has 0 fully saturated rings. The van der Waals surface area contributed by atoms with Gasteiger partial charge in [0.15, 0.2) is 0 Å². The number of amides is 3. The van der Waals surface area contributed by atoms with E-state index in [1.54, 1.807) is 25.1 Å². The van der Waals surface area contributed by atoms with E-state index in [0.717, 1.165) is 24.5 Å². The Bertz CT molecular complexity index is 932. The van der Waals surface area contributed by atoms with Crippen LogP contribution in [0.25, 0.3) is 0 Å². The summed E-state index contributed by atoms with van der Waals surface area (Å²) in [5.41, 5.74) is 2.47. The second-order valence-electron chi connectivity index (χ2n) is 5.94. The number of carbonyl (C=O) groups is 3. The average molecular weight is 403 g/mol. The maximum atomic E-state index is 12.3. The molecule has 1 heterocycles. The number of benzene rings is 2. The van der Waals surface area contributed by atoms with Crippen molar-refractivity contribution in [3.63, 3.8) is 0 Å². The van der Waals surface area contributed by atoms with Crippen LogP contribution in [-0.2, 0) is 4.74 Å². The number of anilines is 3. The maximum absolute atomic E-state index is 12.3. The van der Waals surface area contributed by atoms with Gasteiger partial charge in [-0.1, -0.05) is 11.6 Å². The van der Waals surface area contributed by atoms with Crippen molar-refractivity contribution >= 4 is 46.6 Å². The van der Waals surface area contributed by atoms with Crippen LogP contribution in [0.15, 0.2) is 36.4 Å². The first-order valence-corrected chi connectivity index (χ1v) is 9.06. The summed E-state index contributed by atoms with van der Waals surface area (Å²) >= 11 is 5.99. The molecule has 0 saturated heterocycles. The Balaban J connectivity index is 1.66. The Morgan fingerprint density at radius 3 is 2.57 bits per heavy atom. The molecule has 0 atom stereocenters. The average Bonchev–Trinajstić information content (AvgIpc) is 2.69. The van der Waals surface area contributed by atoms with Gasteiger partial charge < -0.3 is 20.7 Å². The lowest BCUT2D eigenvalue weighted by molar-refractivity contribution is 0.0526. The highest BCUT2D eigenvalue weighted by atomic mass is 35.5. The third-order valence-electron chi connectivity index (χ3n) is 3.98. The number of nitrogens with one attached hydrogen (secondary N) is 4. The predicted octanol–water partition coefficient (Wildman–Crippen LogP) is 3.32. The normalized spacial score (nSPS) is 12.1. The van der Waals surface area contributed by atoms with Crippen LogP contribution in [-0.4, -0.2) is 37.6 Å². The Labute approximate surface area is 166 Å². The van der Waals surface area contributed by atoms with Crippen molar-refractivity contribution in [2.24, 2.45) is 0 Å². The van der Waals surface area contributed by atoms with E-state index < -0.39 is 17.9 Å². The van der Waals surface area contributed by atoms with Gasteiger partial charge in [0, 0.05) is 24.3 Å². The van der Waals surface area contributed by atoms with Gasteiger partial charge in [0.2, 0.25) is 0 Å². The molecule has 3 rings (SSSR count). The van der Waals surface area contributed by atoms with Crippen molar-refractivity contribution in [3.05, 3.63) is 52.5 Å². The third kappa shape index (κ3) is 4.52. The zero-order chi connectivity index (χ0) is 20.1. The summed E-state index contributed by atoms with van der Waals surface area (Å²) in [4.78, 5) is 36.4. The van der Waals surface area contributed by atoms with E-state index in [0.29, 0.717) is 11.3 Å². The molecule has 0 spiro atoms. The van der Waals surface area contributed by atoms with Crippen LogP contribution < -0.4 is 21.3 Å². The SMILES string of the molecule is CCOC(=O)c1cc(NC(=O)NC(=O)c2ccc3c(c2)NCCN3)ccc1Cl. The number of urea groups is 1. The number of esters is 1. The molecule has 1 aliphatic heterocycles. The molecule has 0 aliphatic carbocycles. The number of imide groups is 1. The summed E-state index contributed by atoms with van der Waals surface area (Å²) in [5, 5.41) is 11.4. The fourth-order valence-corrected chi connectivity index (χ4v) is 2.88. The summed E-state index contributed by atoms with van der Waals surface area (Å²) in [6.07, 6.45) is 0. The van der Waals surface area contributed by atoms with Crippen molar-refractivity contribution in [2.45, 2.75) is 6.92 Å². The molecule has 1 aliphatic rings. The first-order chi connectivity index (χ1) is 13.5. The van der Waals surface area contributed by atoms with E-state index in [4.69, 9.17) is 16.3 Å². The van der Waals surface area contributed by atoms with Crippen LogP contribution in [0.1, 0.15) is 27.6 Å². The van der Waals surface area contributed by atoms with Crippen molar-refractivity contribution in [3.8, 4) is 0 Å². The molecule has 2 aromatic rings. The highest BCUT2D eigenvalue weighted by molar-refractivity contribution is 6.33. The Kier molecular flexibility index (Phi) is 6.00. The molecule has 0 bridgehead atoms. The van der Waals surface area contributed by atoms with Gasteiger partial charge in [0.25, 0.3) is 5.91 Å². The molecule has 4 N–H and O–H groups in total. The topological polar surface area (TPSA) is 109 Å². The van der Waals surface area contributed by atoms with Crippen LogP contribution in [0.2, 0.25) is 5.02 Å². The van der Waals surface area contributed by atoms with Crippen molar-refractivity contribution < 1.29 is 19.1 Å². The van der Waals surface area contributed by atoms with Gasteiger partial charge in [-0.15, -0.1) is 0 Å². The van der Waals surface area contributed by atoms with E-state index in [1.165, 1.54) is 18.2 Å². The minimum atomic E-state index is -0.731. The fraction of sp³-hybridized carbons (Fsp3) is 0.211. The molecule has 146 valence electrons. The van der Waals surface area contributed by atoms with Crippen molar-refractivity contribution in [2.75, 3.05) is 35.6 Å². The molecule has 2 aromatic carbocycles. The van der Waals surface area contributed by atoms with Crippen LogP contribution in [0.3, 0.4) is 0 Å². The van der Waals surface area contributed by atoms with Gasteiger partial charge in [-0.05, 0) is 43.3 Å². The van der Waals surface area contributed by atoms with Gasteiger partial charge in [-0.25, -0.2) is 9.59 Å². The molecule has 3 amide bonds. The van der Waals surface area contributed by atoms with Crippen LogP contribution in [0, 0.1) is 0 Å². The van der Waals surface area contributed by atoms with Gasteiger partial charge in [-0.2, -0.15) is 0 Å². The molecule has 9 heteroatoms. The third-order valence-corrected chi connectivity index (χ3v) is 4.31. The summed E-state index contributed by atoms with van der Waals surface area (Å²) in [5.74, 6) is -1.14. The van der Waals surface area contributed by atoms with Crippen LogP contribution in [0.4, 0.5) is 21.9 Å². The second-order valence-corrected chi connectivity index (χ2v) is 6.34. The van der Waals surface area contributed by atoms with E-state index in [9.17, 15) is 14.4 Å².